The molecule has 0 aromatic carbocycles. The van der Waals surface area contributed by atoms with E-state index in [4.69, 9.17) is 29.7 Å². The lowest BCUT2D eigenvalue weighted by atomic mass is 10.2. The average molecular weight is 268 g/mol. The fourth-order valence-corrected chi connectivity index (χ4v) is 1.54. The smallest absolute Gasteiger partial charge is 0.275 e. The van der Waals surface area contributed by atoms with Gasteiger partial charge in [0, 0.05) is 26.2 Å². The normalized spacial score (nSPS) is 25.8. The molecule has 16 heavy (non-hydrogen) atoms. The van der Waals surface area contributed by atoms with Crippen LogP contribution in [0.2, 0.25) is 0 Å². The second-order valence-corrected chi connectivity index (χ2v) is 4.80. The zero-order valence-electron chi connectivity index (χ0n) is 9.59. The molecular weight excluding hydrogens is 252 g/mol. The van der Waals surface area contributed by atoms with Crippen LogP contribution in [0.15, 0.2) is 11.8 Å². The van der Waals surface area contributed by atoms with Gasteiger partial charge in [-0.15, -0.1) is 0 Å². The van der Waals surface area contributed by atoms with Gasteiger partial charge in [0.25, 0.3) is 5.11 Å². The van der Waals surface area contributed by atoms with Gasteiger partial charge in [-0.3, -0.25) is 9.45 Å². The van der Waals surface area contributed by atoms with Crippen molar-refractivity contribution in [1.82, 2.24) is 4.90 Å². The number of nitrogens with one attached hydrogen (secondary N) is 1. The average Bonchev–Trinajstić information content (AvgIpc) is 2.09. The van der Waals surface area contributed by atoms with E-state index >= 15 is 0 Å². The fourth-order valence-electron chi connectivity index (χ4n) is 1.22. The third-order valence-electron chi connectivity index (χ3n) is 2.33. The third-order valence-corrected chi connectivity index (χ3v) is 2.93. The maximum atomic E-state index is 8.63. The van der Waals surface area contributed by atoms with Crippen molar-refractivity contribution in [3.63, 3.8) is 0 Å². The summed E-state index contributed by atoms with van der Waals surface area (Å²) in [4.78, 5) is 3.36. The quantitative estimate of drug-likeness (QED) is 0.334. The van der Waals surface area contributed by atoms with Gasteiger partial charge < -0.3 is 9.45 Å². The molecule has 2 atom stereocenters. The minimum Gasteiger partial charge on any atom is -0.726 e. The first-order chi connectivity index (χ1) is 7.04. The molecule has 0 spiro atoms. The molecular formula is C8H16N2O4S2. The number of hydrogen-bond donors (Lipinski definition) is 2. The molecule has 0 saturated carbocycles. The summed E-state index contributed by atoms with van der Waals surface area (Å²) in [7, 11) is -0.796. The Morgan fingerprint density at radius 3 is 2.38 bits per heavy atom. The summed E-state index contributed by atoms with van der Waals surface area (Å²) < 4.78 is 32.8. The predicted octanol–water partition coefficient (Wildman–Crippen LogP) is -0.972. The predicted molar refractivity (Wildman–Crippen MR) is 62.8 cm³/mol. The molecule has 0 aromatic rings. The van der Waals surface area contributed by atoms with Gasteiger partial charge >= 0.3 is 0 Å². The molecule has 1 rings (SSSR count). The van der Waals surface area contributed by atoms with Crippen LogP contribution < -0.4 is 4.90 Å². The number of nitrogens with zero attached hydrogens (tertiary/aromatic N) is 1. The molecule has 94 valence electrons. The molecule has 0 aliphatic carbocycles. The largest absolute Gasteiger partial charge is 0.726 e. The highest BCUT2D eigenvalue weighted by molar-refractivity contribution is 7.80. The van der Waals surface area contributed by atoms with E-state index in [-0.39, 0.29) is 0 Å². The Hall–Kier alpha value is -0.540. The van der Waals surface area contributed by atoms with E-state index in [2.05, 4.69) is 31.9 Å². The topological polar surface area (TPSA) is 85.1 Å². The lowest BCUT2D eigenvalue weighted by Gasteiger charge is -2.31. The Morgan fingerprint density at radius 1 is 1.62 bits per heavy atom. The van der Waals surface area contributed by atoms with Crippen molar-refractivity contribution < 1.29 is 22.4 Å². The molecule has 2 N–H and O–H groups in total. The van der Waals surface area contributed by atoms with Crippen LogP contribution in [0.3, 0.4) is 0 Å². The highest BCUT2D eigenvalue weighted by atomic mass is 32.3. The Labute approximate surface area is 101 Å². The highest BCUT2D eigenvalue weighted by Crippen LogP contribution is 2.03. The Bertz CT molecular complexity index is 383. The van der Waals surface area contributed by atoms with Gasteiger partial charge in [0.05, 0.1) is 13.1 Å². The van der Waals surface area contributed by atoms with Crippen LogP contribution in [0.1, 0.15) is 13.8 Å². The van der Waals surface area contributed by atoms with Crippen LogP contribution in [-0.2, 0) is 10.4 Å². The van der Waals surface area contributed by atoms with E-state index < -0.39 is 10.4 Å². The van der Waals surface area contributed by atoms with E-state index in [9.17, 15) is 0 Å². The van der Waals surface area contributed by atoms with Crippen molar-refractivity contribution in [1.29, 1.82) is 0 Å². The highest BCUT2D eigenvalue weighted by Gasteiger charge is 2.25. The van der Waals surface area contributed by atoms with Crippen LogP contribution >= 0.6 is 12.2 Å². The number of hydrogen-bond acceptors (Lipinski definition) is 4. The van der Waals surface area contributed by atoms with Gasteiger partial charge in [-0.25, -0.2) is 8.42 Å². The number of rotatable bonds is 0. The minimum atomic E-state index is -4.92. The zero-order valence-corrected chi connectivity index (χ0v) is 11.2. The van der Waals surface area contributed by atoms with Crippen LogP contribution in [0.4, 0.5) is 0 Å². The SMILES string of the molecule is CC1=CC(C)N(C)C(=S)[NH+]1C.O=S(=O)([O-])O. The first-order valence-electron chi connectivity index (χ1n) is 4.52. The zero-order chi connectivity index (χ0) is 13.1. The summed E-state index contributed by atoms with van der Waals surface area (Å²) in [5.74, 6) is 0. The second-order valence-electron chi connectivity index (χ2n) is 3.56. The van der Waals surface area contributed by atoms with E-state index in [1.54, 1.807) is 0 Å². The van der Waals surface area contributed by atoms with Gasteiger partial charge in [0.2, 0.25) is 10.4 Å². The van der Waals surface area contributed by atoms with Crippen LogP contribution in [0, 0.1) is 0 Å². The molecule has 8 heteroatoms. The molecule has 0 fully saturated rings. The number of likely N-dealkylation sites (N-methyl/N-ethyl adjacent to an activating group) is 1. The van der Waals surface area contributed by atoms with Gasteiger partial charge in [-0.1, -0.05) is 0 Å². The Morgan fingerprint density at radius 2 is 2.00 bits per heavy atom. The van der Waals surface area contributed by atoms with Crippen molar-refractivity contribution >= 4 is 27.7 Å². The molecule has 1 heterocycles. The molecule has 1 aliphatic heterocycles. The van der Waals surface area contributed by atoms with Crippen molar-refractivity contribution in [2.75, 3.05) is 14.1 Å². The van der Waals surface area contributed by atoms with Crippen molar-refractivity contribution in [2.24, 2.45) is 0 Å². The van der Waals surface area contributed by atoms with Crippen molar-refractivity contribution in [3.05, 3.63) is 11.8 Å². The molecule has 0 aromatic heterocycles. The van der Waals surface area contributed by atoms with Gasteiger partial charge in [-0.2, -0.15) is 0 Å². The van der Waals surface area contributed by atoms with Gasteiger partial charge in [0.15, 0.2) is 0 Å². The number of thiocarbonyl (C=S) groups is 1. The van der Waals surface area contributed by atoms with Crippen LogP contribution in [0.5, 0.6) is 0 Å². The molecule has 0 saturated heterocycles. The monoisotopic (exact) mass is 268 g/mol. The van der Waals surface area contributed by atoms with Crippen LogP contribution in [-0.4, -0.2) is 47.7 Å². The molecule has 0 bridgehead atoms. The lowest BCUT2D eigenvalue weighted by Crippen LogP contribution is -3.12. The summed E-state index contributed by atoms with van der Waals surface area (Å²) >= 11 is 5.25. The van der Waals surface area contributed by atoms with Gasteiger partial charge in [-0.05, 0) is 13.0 Å². The second kappa shape index (κ2) is 5.69. The van der Waals surface area contributed by atoms with Gasteiger partial charge in [0.1, 0.15) is 5.70 Å². The first kappa shape index (κ1) is 15.5. The maximum absolute atomic E-state index is 8.63. The summed E-state index contributed by atoms with van der Waals surface area (Å²) in [5, 5.41) is 0.984. The minimum absolute atomic E-state index is 0.450. The van der Waals surface area contributed by atoms with E-state index in [1.807, 2.05) is 7.05 Å². The molecule has 6 nitrogen and oxygen atoms in total. The maximum Gasteiger partial charge on any atom is 0.275 e. The summed E-state index contributed by atoms with van der Waals surface area (Å²) in [5.41, 5.74) is 1.32. The first-order valence-corrected chi connectivity index (χ1v) is 6.29. The number of quaternary nitrogens is 1. The van der Waals surface area contributed by atoms with Crippen LogP contribution in [0.25, 0.3) is 0 Å². The van der Waals surface area contributed by atoms with Crippen molar-refractivity contribution in [3.8, 4) is 0 Å². The van der Waals surface area contributed by atoms with E-state index in [0.29, 0.717) is 6.04 Å². The summed E-state index contributed by atoms with van der Waals surface area (Å²) in [6.07, 6.45) is 2.24. The summed E-state index contributed by atoms with van der Waals surface area (Å²) in [6.45, 7) is 4.27. The molecule has 0 radical (unpaired) electrons. The third kappa shape index (κ3) is 5.52. The number of allylic oxidation sites excluding steroid dienone is 1. The Kier molecular flexibility index (Phi) is 5.50. The fraction of sp³-hybridized carbons (Fsp3) is 0.625. The standard InChI is InChI=1S/C8H14N2S.H2O4S/c1-6-5-7(2)10(4)8(11)9(6)3;1-5(2,3)4/h5-6H,1-4H3;(H2,1,2,3,4). The molecule has 0 amide bonds. The molecule has 2 unspecified atom stereocenters. The molecule has 1 aliphatic rings. The Balaban J connectivity index is 0.000000385. The summed E-state index contributed by atoms with van der Waals surface area (Å²) in [6, 6.07) is 0.450. The lowest BCUT2D eigenvalue weighted by molar-refractivity contribution is -0.743. The van der Waals surface area contributed by atoms with E-state index in [0.717, 1.165) is 5.11 Å². The van der Waals surface area contributed by atoms with E-state index in [1.165, 1.54) is 10.6 Å². The van der Waals surface area contributed by atoms with Crippen molar-refractivity contribution in [2.45, 2.75) is 19.9 Å².